The Kier molecular flexibility index (Phi) is 7.09. The van der Waals surface area contributed by atoms with Crippen LogP contribution >= 0.6 is 23.2 Å². The van der Waals surface area contributed by atoms with E-state index in [1.807, 2.05) is 35.6 Å². The summed E-state index contributed by atoms with van der Waals surface area (Å²) < 4.78 is 39.8. The van der Waals surface area contributed by atoms with Crippen LogP contribution in [0.15, 0.2) is 24.4 Å². The number of aromatic nitrogens is 4. The second kappa shape index (κ2) is 9.99. The average molecular weight is 541 g/mol. The van der Waals surface area contributed by atoms with Crippen molar-refractivity contribution in [1.82, 2.24) is 24.6 Å². The monoisotopic (exact) mass is 540 g/mol. The number of alkyl halides is 3. The van der Waals surface area contributed by atoms with E-state index in [-0.39, 0.29) is 12.6 Å². The fraction of sp³-hybridized carbons (Fsp3) is 0.560. The standard InChI is InChI=1S/C25H29Cl2F3N6/c1-15-23-24(36(33-15)16(2)20-6-5-19(26)10-21(20)27)32-22(11-31-23)35-13-18(14-35)17-4-3-8-34(12-17)9-7-25(28,29)30/h5-6,10-11,16-18H,3-4,7-9,12-14H2,1-2H3/t16-,17+/m1/s1. The van der Waals surface area contributed by atoms with Crippen molar-refractivity contribution in [2.75, 3.05) is 37.6 Å². The zero-order valence-corrected chi connectivity index (χ0v) is 21.8. The first-order valence-corrected chi connectivity index (χ1v) is 13.1. The fourth-order valence-electron chi connectivity index (χ4n) is 5.40. The molecule has 0 radical (unpaired) electrons. The predicted molar refractivity (Wildman–Crippen MR) is 136 cm³/mol. The molecule has 2 aromatic heterocycles. The van der Waals surface area contributed by atoms with Gasteiger partial charge >= 0.3 is 6.18 Å². The molecule has 0 amide bonds. The van der Waals surface area contributed by atoms with Gasteiger partial charge in [-0.2, -0.15) is 18.3 Å². The van der Waals surface area contributed by atoms with Crippen LogP contribution in [0.3, 0.4) is 0 Å². The van der Waals surface area contributed by atoms with Crippen LogP contribution in [0.4, 0.5) is 19.0 Å². The lowest BCUT2D eigenvalue weighted by Gasteiger charge is -2.47. The van der Waals surface area contributed by atoms with Gasteiger partial charge < -0.3 is 9.80 Å². The number of hydrogen-bond donors (Lipinski definition) is 0. The zero-order valence-electron chi connectivity index (χ0n) is 20.3. The number of likely N-dealkylation sites (tertiary alicyclic amines) is 1. The first kappa shape index (κ1) is 25.5. The Balaban J connectivity index is 1.28. The summed E-state index contributed by atoms with van der Waals surface area (Å²) in [4.78, 5) is 13.7. The fourth-order valence-corrected chi connectivity index (χ4v) is 5.96. The highest BCUT2D eigenvalue weighted by Crippen LogP contribution is 2.35. The molecule has 5 rings (SSSR count). The second-order valence-corrected chi connectivity index (χ2v) is 10.8. The first-order chi connectivity index (χ1) is 17.1. The molecule has 1 aromatic carbocycles. The van der Waals surface area contributed by atoms with Crippen molar-refractivity contribution in [3.63, 3.8) is 0 Å². The maximum atomic E-state index is 12.6. The number of halogens is 5. The Morgan fingerprint density at radius 3 is 2.64 bits per heavy atom. The minimum Gasteiger partial charge on any atom is -0.355 e. The molecule has 0 N–H and O–H groups in total. The Bertz CT molecular complexity index is 1240. The van der Waals surface area contributed by atoms with Crippen molar-refractivity contribution in [2.45, 2.75) is 45.3 Å². The molecule has 2 atom stereocenters. The summed E-state index contributed by atoms with van der Waals surface area (Å²) in [5, 5.41) is 5.85. The summed E-state index contributed by atoms with van der Waals surface area (Å²) in [6.45, 7) is 7.19. The summed E-state index contributed by atoms with van der Waals surface area (Å²) in [7, 11) is 0. The number of nitrogens with zero attached hydrogens (tertiary/aromatic N) is 6. The van der Waals surface area contributed by atoms with Gasteiger partial charge in [-0.1, -0.05) is 29.3 Å². The van der Waals surface area contributed by atoms with E-state index in [1.165, 1.54) is 0 Å². The summed E-state index contributed by atoms with van der Waals surface area (Å²) in [5.41, 5.74) is 3.14. The summed E-state index contributed by atoms with van der Waals surface area (Å²) in [6, 6.07) is 5.27. The molecular weight excluding hydrogens is 512 g/mol. The van der Waals surface area contributed by atoms with Crippen LogP contribution in [-0.4, -0.2) is 63.5 Å². The Labute approximate surface area is 218 Å². The zero-order chi connectivity index (χ0) is 25.6. The highest BCUT2D eigenvalue weighted by atomic mass is 35.5. The van der Waals surface area contributed by atoms with E-state index < -0.39 is 12.6 Å². The molecule has 0 bridgehead atoms. The van der Waals surface area contributed by atoms with Crippen LogP contribution in [0.2, 0.25) is 10.0 Å². The van der Waals surface area contributed by atoms with Gasteiger partial charge in [0, 0.05) is 36.2 Å². The Morgan fingerprint density at radius 2 is 1.92 bits per heavy atom. The molecule has 0 unspecified atom stereocenters. The van der Waals surface area contributed by atoms with E-state index in [9.17, 15) is 13.2 Å². The molecule has 2 aliphatic rings. The third-order valence-electron chi connectivity index (χ3n) is 7.49. The first-order valence-electron chi connectivity index (χ1n) is 12.3. The number of anilines is 1. The van der Waals surface area contributed by atoms with Crippen molar-refractivity contribution in [3.8, 4) is 0 Å². The number of fused-ring (bicyclic) bond motifs is 1. The molecule has 0 saturated carbocycles. The normalized spacial score (nSPS) is 20.6. The van der Waals surface area contributed by atoms with Crippen molar-refractivity contribution < 1.29 is 13.2 Å². The largest absolute Gasteiger partial charge is 0.390 e. The summed E-state index contributed by atoms with van der Waals surface area (Å²) in [5.74, 6) is 1.66. The van der Waals surface area contributed by atoms with Crippen LogP contribution in [0.25, 0.3) is 11.2 Å². The number of piperidine rings is 1. The van der Waals surface area contributed by atoms with Gasteiger partial charge in [-0.15, -0.1) is 0 Å². The number of benzene rings is 1. The van der Waals surface area contributed by atoms with Crippen LogP contribution in [-0.2, 0) is 0 Å². The predicted octanol–water partition coefficient (Wildman–Crippen LogP) is 6.15. The van der Waals surface area contributed by atoms with Crippen molar-refractivity contribution in [3.05, 3.63) is 45.7 Å². The third-order valence-corrected chi connectivity index (χ3v) is 8.05. The van der Waals surface area contributed by atoms with Gasteiger partial charge in [0.05, 0.1) is 24.4 Å². The number of hydrogen-bond acceptors (Lipinski definition) is 5. The van der Waals surface area contributed by atoms with Gasteiger partial charge in [0.25, 0.3) is 0 Å². The van der Waals surface area contributed by atoms with Gasteiger partial charge in [0.1, 0.15) is 11.3 Å². The van der Waals surface area contributed by atoms with Gasteiger partial charge in [-0.3, -0.25) is 0 Å². The lowest BCUT2D eigenvalue weighted by molar-refractivity contribution is -0.139. The van der Waals surface area contributed by atoms with Gasteiger partial charge in [0.2, 0.25) is 0 Å². The lowest BCUT2D eigenvalue weighted by Crippen LogP contribution is -2.54. The maximum Gasteiger partial charge on any atom is 0.390 e. The molecule has 4 heterocycles. The molecule has 0 spiro atoms. The third kappa shape index (κ3) is 5.29. The van der Waals surface area contributed by atoms with Crippen LogP contribution in [0.5, 0.6) is 0 Å². The molecule has 36 heavy (non-hydrogen) atoms. The average Bonchev–Trinajstić information content (AvgIpc) is 3.12. The SMILES string of the molecule is Cc1nn([C@H](C)c2ccc(Cl)cc2Cl)c2nc(N3CC([C@H]4CCCN(CCC(F)(F)F)C4)C3)cnc12. The van der Waals surface area contributed by atoms with E-state index in [2.05, 4.69) is 9.88 Å². The van der Waals surface area contributed by atoms with Crippen LogP contribution < -0.4 is 4.90 Å². The molecule has 6 nitrogen and oxygen atoms in total. The van der Waals surface area contributed by atoms with E-state index >= 15 is 0 Å². The molecule has 0 aliphatic carbocycles. The van der Waals surface area contributed by atoms with E-state index in [0.29, 0.717) is 27.5 Å². The van der Waals surface area contributed by atoms with Crippen molar-refractivity contribution >= 4 is 40.2 Å². The minimum absolute atomic E-state index is 0.0950. The topological polar surface area (TPSA) is 50.1 Å². The van der Waals surface area contributed by atoms with Gasteiger partial charge in [0.15, 0.2) is 5.65 Å². The van der Waals surface area contributed by atoms with Crippen LogP contribution in [0.1, 0.15) is 43.5 Å². The highest BCUT2D eigenvalue weighted by Gasteiger charge is 2.37. The molecule has 3 aromatic rings. The summed E-state index contributed by atoms with van der Waals surface area (Å²) >= 11 is 12.5. The maximum absolute atomic E-state index is 12.6. The number of rotatable bonds is 6. The Hall–Kier alpha value is -2.10. The lowest BCUT2D eigenvalue weighted by atomic mass is 9.80. The highest BCUT2D eigenvalue weighted by molar-refractivity contribution is 6.35. The molecule has 2 fully saturated rings. The van der Waals surface area contributed by atoms with Gasteiger partial charge in [-0.05, 0) is 62.8 Å². The quantitative estimate of drug-likeness (QED) is 0.375. The Morgan fingerprint density at radius 1 is 1.14 bits per heavy atom. The van der Waals surface area contributed by atoms with E-state index in [1.54, 1.807) is 12.3 Å². The second-order valence-electron chi connectivity index (χ2n) is 10.0. The van der Waals surface area contributed by atoms with E-state index in [4.69, 9.17) is 33.3 Å². The van der Waals surface area contributed by atoms with Crippen LogP contribution in [0, 0.1) is 18.8 Å². The molecule has 2 saturated heterocycles. The molecular formula is C25H29Cl2F3N6. The molecule has 194 valence electrons. The van der Waals surface area contributed by atoms with Crippen molar-refractivity contribution in [1.29, 1.82) is 0 Å². The smallest absolute Gasteiger partial charge is 0.355 e. The molecule has 11 heteroatoms. The number of aryl methyl sites for hydroxylation is 1. The van der Waals surface area contributed by atoms with Crippen molar-refractivity contribution in [2.24, 2.45) is 11.8 Å². The summed E-state index contributed by atoms with van der Waals surface area (Å²) in [6.07, 6.45) is -1.03. The minimum atomic E-state index is -4.10. The van der Waals surface area contributed by atoms with Gasteiger partial charge in [-0.25, -0.2) is 14.6 Å². The molecule has 2 aliphatic heterocycles. The van der Waals surface area contributed by atoms with E-state index in [0.717, 1.165) is 61.6 Å².